The first kappa shape index (κ1) is 24.5. The minimum atomic E-state index is -0.428. The summed E-state index contributed by atoms with van der Waals surface area (Å²) in [6, 6.07) is 5.99. The lowest BCUT2D eigenvalue weighted by molar-refractivity contribution is -0.385. The monoisotopic (exact) mass is 517 g/mol. The number of rotatable bonds is 6. The molecule has 12 heteroatoms. The number of hydrogen-bond acceptors (Lipinski definition) is 7. The van der Waals surface area contributed by atoms with Crippen LogP contribution >= 0.6 is 23.2 Å². The van der Waals surface area contributed by atoms with Gasteiger partial charge in [-0.3, -0.25) is 19.9 Å². The third-order valence-corrected chi connectivity index (χ3v) is 6.52. The van der Waals surface area contributed by atoms with Crippen molar-refractivity contribution in [2.45, 2.75) is 19.9 Å². The smallest absolute Gasteiger partial charge is 0.330 e. The molecule has 1 aromatic heterocycles. The average Bonchev–Trinajstić information content (AvgIpc) is 2.83. The van der Waals surface area contributed by atoms with Gasteiger partial charge < -0.3 is 9.47 Å². The second-order valence-electron chi connectivity index (χ2n) is 7.83. The first-order valence-corrected chi connectivity index (χ1v) is 11.2. The van der Waals surface area contributed by atoms with Gasteiger partial charge in [-0.25, -0.2) is 14.8 Å². The molecule has 2 heterocycles. The van der Waals surface area contributed by atoms with Gasteiger partial charge in [-0.05, 0) is 12.5 Å². The van der Waals surface area contributed by atoms with Crippen molar-refractivity contribution in [3.05, 3.63) is 73.1 Å². The van der Waals surface area contributed by atoms with Crippen LogP contribution in [0.4, 0.5) is 22.0 Å². The fraction of sp³-hybridized carbons (Fsp3) is 0.261. The molecule has 1 aliphatic heterocycles. The van der Waals surface area contributed by atoms with Gasteiger partial charge in [-0.15, -0.1) is 0 Å². The molecule has 182 valence electrons. The molecule has 10 nitrogen and oxygen atoms in total. The van der Waals surface area contributed by atoms with E-state index in [0.29, 0.717) is 34.3 Å². The summed E-state index contributed by atoms with van der Waals surface area (Å²) < 4.78 is 10.6. The molecule has 0 N–H and O–H groups in total. The summed E-state index contributed by atoms with van der Waals surface area (Å²) in [5.41, 5.74) is 2.16. The molecule has 0 saturated heterocycles. The highest BCUT2D eigenvalue weighted by molar-refractivity contribution is 6.42. The zero-order chi connectivity index (χ0) is 25.4. The van der Waals surface area contributed by atoms with Gasteiger partial charge in [0.2, 0.25) is 0 Å². The maximum atomic E-state index is 13.4. The third-order valence-electron chi connectivity index (χ3n) is 5.79. The number of fused-ring (bicyclic) bond motifs is 1. The Morgan fingerprint density at radius 1 is 1.17 bits per heavy atom. The van der Waals surface area contributed by atoms with E-state index in [0.717, 1.165) is 5.56 Å². The van der Waals surface area contributed by atoms with Gasteiger partial charge in [-0.2, -0.15) is 0 Å². The van der Waals surface area contributed by atoms with Crippen molar-refractivity contribution >= 4 is 46.4 Å². The number of hydrogen-bond donors (Lipinski definition) is 0. The van der Waals surface area contributed by atoms with E-state index in [1.807, 2.05) is 0 Å². The highest BCUT2D eigenvalue weighted by atomic mass is 35.5. The van der Waals surface area contributed by atoms with Gasteiger partial charge in [0.1, 0.15) is 33.2 Å². The van der Waals surface area contributed by atoms with Gasteiger partial charge in [0.25, 0.3) is 5.69 Å². The Morgan fingerprint density at radius 3 is 2.43 bits per heavy atom. The molecular weight excluding hydrogens is 497 g/mol. The second kappa shape index (κ2) is 9.55. The Kier molecular flexibility index (Phi) is 6.68. The summed E-state index contributed by atoms with van der Waals surface area (Å²) in [6.07, 6.45) is 1.74. The molecule has 0 fully saturated rings. The van der Waals surface area contributed by atoms with Gasteiger partial charge in [0.15, 0.2) is 0 Å². The number of aryl methyl sites for hydroxylation is 1. The molecule has 2 aromatic carbocycles. The number of halogens is 2. The molecule has 0 unspecified atom stereocenters. The van der Waals surface area contributed by atoms with Crippen LogP contribution in [0.3, 0.4) is 0 Å². The van der Waals surface area contributed by atoms with Crippen LogP contribution in [0, 0.1) is 17.0 Å². The standard InChI is InChI=1S/C23H21Cl2N5O5/c1-12-6-5-7-15(30(32)33)14(12)8-18-26-10-13-11-29(23(31)28(2)22(13)27-18)21-19(24)16(34-3)9-17(35-4)20(21)25/h5-7,9-10H,8,11H2,1-4H3. The lowest BCUT2D eigenvalue weighted by Crippen LogP contribution is -2.46. The number of carbonyl (C=O) groups is 1. The Bertz CT molecular complexity index is 1320. The Labute approximate surface area is 211 Å². The van der Waals surface area contributed by atoms with Crippen molar-refractivity contribution < 1.29 is 19.2 Å². The number of methoxy groups -OCH3 is 2. The number of nitrogens with zero attached hydrogens (tertiary/aromatic N) is 5. The zero-order valence-electron chi connectivity index (χ0n) is 19.3. The number of anilines is 2. The minimum Gasteiger partial charge on any atom is -0.495 e. The summed E-state index contributed by atoms with van der Waals surface area (Å²) in [5.74, 6) is 1.36. The maximum absolute atomic E-state index is 13.4. The van der Waals surface area contributed by atoms with Crippen LogP contribution in [0.2, 0.25) is 10.0 Å². The van der Waals surface area contributed by atoms with E-state index in [9.17, 15) is 14.9 Å². The number of nitro benzene ring substituents is 1. The molecule has 0 aliphatic carbocycles. The Morgan fingerprint density at radius 2 is 1.83 bits per heavy atom. The highest BCUT2D eigenvalue weighted by Gasteiger charge is 2.35. The number of ether oxygens (including phenoxy) is 2. The van der Waals surface area contributed by atoms with Gasteiger partial charge >= 0.3 is 6.03 Å². The predicted octanol–water partition coefficient (Wildman–Crippen LogP) is 5.18. The van der Waals surface area contributed by atoms with Crippen LogP contribution in [0.1, 0.15) is 22.5 Å². The van der Waals surface area contributed by atoms with Crippen LogP contribution in [-0.2, 0) is 13.0 Å². The molecule has 0 spiro atoms. The molecule has 0 radical (unpaired) electrons. The molecule has 35 heavy (non-hydrogen) atoms. The van der Waals surface area contributed by atoms with E-state index in [1.165, 1.54) is 30.1 Å². The largest absolute Gasteiger partial charge is 0.495 e. The highest BCUT2D eigenvalue weighted by Crippen LogP contribution is 2.47. The number of urea groups is 1. The summed E-state index contributed by atoms with van der Waals surface area (Å²) in [5, 5.41) is 11.8. The van der Waals surface area contributed by atoms with Gasteiger partial charge in [0, 0.05) is 42.9 Å². The number of benzene rings is 2. The molecule has 2 amide bonds. The van der Waals surface area contributed by atoms with Crippen molar-refractivity contribution in [1.82, 2.24) is 9.97 Å². The molecule has 1 aliphatic rings. The number of nitro groups is 1. The molecule has 0 atom stereocenters. The van der Waals surface area contributed by atoms with E-state index in [1.54, 1.807) is 38.4 Å². The van der Waals surface area contributed by atoms with Crippen molar-refractivity contribution in [3.63, 3.8) is 0 Å². The number of amides is 2. The summed E-state index contributed by atoms with van der Waals surface area (Å²) in [6.45, 7) is 1.89. The predicted molar refractivity (Wildman–Crippen MR) is 132 cm³/mol. The number of aromatic nitrogens is 2. The molecule has 0 bridgehead atoms. The van der Waals surface area contributed by atoms with E-state index in [-0.39, 0.29) is 34.4 Å². The lowest BCUT2D eigenvalue weighted by Gasteiger charge is -2.35. The first-order chi connectivity index (χ1) is 16.7. The Balaban J connectivity index is 1.74. The molecular formula is C23H21Cl2N5O5. The minimum absolute atomic E-state index is 0.00168. The van der Waals surface area contributed by atoms with Gasteiger partial charge in [-0.1, -0.05) is 35.3 Å². The average molecular weight is 518 g/mol. The Hall–Kier alpha value is -3.63. The summed E-state index contributed by atoms with van der Waals surface area (Å²) in [7, 11) is 4.47. The van der Waals surface area contributed by atoms with Crippen molar-refractivity contribution in [3.8, 4) is 11.5 Å². The van der Waals surface area contributed by atoms with Crippen molar-refractivity contribution in [2.24, 2.45) is 0 Å². The quantitative estimate of drug-likeness (QED) is 0.326. The lowest BCUT2D eigenvalue weighted by atomic mass is 10.0. The van der Waals surface area contributed by atoms with E-state index in [4.69, 9.17) is 32.7 Å². The molecule has 0 saturated carbocycles. The van der Waals surface area contributed by atoms with Crippen LogP contribution in [0.25, 0.3) is 0 Å². The van der Waals surface area contributed by atoms with Crippen LogP contribution in [0.15, 0.2) is 30.5 Å². The fourth-order valence-electron chi connectivity index (χ4n) is 3.96. The normalized spacial score (nSPS) is 13.0. The van der Waals surface area contributed by atoms with E-state index < -0.39 is 11.0 Å². The summed E-state index contributed by atoms with van der Waals surface area (Å²) >= 11 is 13.0. The SMILES string of the molecule is COc1cc(OC)c(Cl)c(N2Cc3cnc(Cc4c(C)cccc4[N+](=O)[O-])nc3N(C)C2=O)c1Cl. The van der Waals surface area contributed by atoms with E-state index >= 15 is 0 Å². The van der Waals surface area contributed by atoms with Gasteiger partial charge in [0.05, 0.1) is 31.4 Å². The van der Waals surface area contributed by atoms with E-state index in [2.05, 4.69) is 9.97 Å². The number of carbonyl (C=O) groups excluding carboxylic acids is 1. The molecule has 3 aromatic rings. The zero-order valence-corrected chi connectivity index (χ0v) is 20.8. The molecule has 4 rings (SSSR count). The van der Waals surface area contributed by atoms with Crippen LogP contribution < -0.4 is 19.3 Å². The third kappa shape index (κ3) is 4.30. The topological polar surface area (TPSA) is 111 Å². The maximum Gasteiger partial charge on any atom is 0.330 e. The second-order valence-corrected chi connectivity index (χ2v) is 8.58. The van der Waals surface area contributed by atoms with Crippen molar-refractivity contribution in [1.29, 1.82) is 0 Å². The van der Waals surface area contributed by atoms with Crippen molar-refractivity contribution in [2.75, 3.05) is 31.1 Å². The fourth-order valence-corrected chi connectivity index (χ4v) is 4.66. The first-order valence-electron chi connectivity index (χ1n) is 10.4. The van der Waals surface area contributed by atoms with Crippen LogP contribution in [0.5, 0.6) is 11.5 Å². The van der Waals surface area contributed by atoms with Crippen LogP contribution in [-0.4, -0.2) is 42.2 Å². The summed E-state index contributed by atoms with van der Waals surface area (Å²) in [4.78, 5) is 36.1.